The first-order valence-electron chi connectivity index (χ1n) is 9.68. The van der Waals surface area contributed by atoms with Gasteiger partial charge in [-0.05, 0) is 37.1 Å². The van der Waals surface area contributed by atoms with Crippen molar-refractivity contribution in [2.24, 2.45) is 5.92 Å². The molecule has 0 amide bonds. The molecule has 30 heavy (non-hydrogen) atoms. The Kier molecular flexibility index (Phi) is 6.48. The molecule has 2 aromatic carbocycles. The summed E-state index contributed by atoms with van der Waals surface area (Å²) in [5.41, 5.74) is 2.91. The highest BCUT2D eigenvalue weighted by molar-refractivity contribution is 6.00. The molecule has 0 aliphatic carbocycles. The van der Waals surface area contributed by atoms with Gasteiger partial charge in [0, 0.05) is 11.5 Å². The van der Waals surface area contributed by atoms with E-state index in [9.17, 15) is 9.59 Å². The van der Waals surface area contributed by atoms with E-state index in [1.807, 2.05) is 24.3 Å². The first-order valence-corrected chi connectivity index (χ1v) is 9.68. The van der Waals surface area contributed by atoms with Crippen molar-refractivity contribution in [3.8, 4) is 16.9 Å². The van der Waals surface area contributed by atoms with Crippen molar-refractivity contribution in [2.45, 2.75) is 26.2 Å². The largest absolute Gasteiger partial charge is 0.466 e. The van der Waals surface area contributed by atoms with E-state index in [2.05, 4.69) is 4.85 Å². The van der Waals surface area contributed by atoms with Crippen molar-refractivity contribution in [3.05, 3.63) is 59.4 Å². The number of ether oxygens (including phenoxy) is 3. The Balaban J connectivity index is 2.05. The van der Waals surface area contributed by atoms with Crippen LogP contribution >= 0.6 is 0 Å². The average molecular weight is 406 g/mol. The maximum atomic E-state index is 12.6. The molecule has 0 saturated carbocycles. The van der Waals surface area contributed by atoms with E-state index in [1.165, 1.54) is 0 Å². The van der Waals surface area contributed by atoms with Gasteiger partial charge < -0.3 is 14.2 Å². The Hall–Kier alpha value is -3.66. The zero-order chi connectivity index (χ0) is 21.7. The Morgan fingerprint density at radius 3 is 2.37 bits per heavy atom. The van der Waals surface area contributed by atoms with Gasteiger partial charge >= 0.3 is 11.9 Å². The van der Waals surface area contributed by atoms with E-state index in [0.29, 0.717) is 17.0 Å². The van der Waals surface area contributed by atoms with Crippen LogP contribution in [0.25, 0.3) is 16.0 Å². The normalized spacial score (nSPS) is 17.3. The summed E-state index contributed by atoms with van der Waals surface area (Å²) >= 11 is 0. The lowest BCUT2D eigenvalue weighted by molar-refractivity contribution is -0.148. The summed E-state index contributed by atoms with van der Waals surface area (Å²) < 4.78 is 15.8. The van der Waals surface area contributed by atoms with Crippen molar-refractivity contribution in [1.82, 2.24) is 0 Å². The van der Waals surface area contributed by atoms with Crippen LogP contribution in [0, 0.1) is 17.9 Å². The van der Waals surface area contributed by atoms with Crippen LogP contribution in [0.3, 0.4) is 0 Å². The zero-order valence-electron chi connectivity index (χ0n) is 16.8. The van der Waals surface area contributed by atoms with Gasteiger partial charge in [-0.1, -0.05) is 30.3 Å². The van der Waals surface area contributed by atoms with Crippen LogP contribution in [0.15, 0.2) is 42.5 Å². The Labute approximate surface area is 174 Å². The lowest BCUT2D eigenvalue weighted by Gasteiger charge is -2.32. The van der Waals surface area contributed by atoms with Crippen molar-refractivity contribution in [3.63, 3.8) is 0 Å². The molecule has 0 fully saturated rings. The lowest BCUT2D eigenvalue weighted by Crippen LogP contribution is -2.39. The minimum atomic E-state index is -1.03. The van der Waals surface area contributed by atoms with Gasteiger partial charge in [0.15, 0.2) is 5.69 Å². The van der Waals surface area contributed by atoms with E-state index in [4.69, 9.17) is 26.2 Å². The second-order valence-electron chi connectivity index (χ2n) is 6.72. The standard InChI is InChI=1S/C23H22N2O5/c1-4-28-20(26)13-18-17-12-15(14-6-9-16(25-3)10-7-14)8-11-19(17)30-22(24)21(18)23(27)29-5-2/h6-12,18,21,24H,4-5,13H2,1-2H3. The van der Waals surface area contributed by atoms with Gasteiger partial charge in [-0.15, -0.1) is 0 Å². The third-order valence-electron chi connectivity index (χ3n) is 4.88. The van der Waals surface area contributed by atoms with Gasteiger partial charge in [0.2, 0.25) is 5.90 Å². The number of fused-ring (bicyclic) bond motifs is 1. The molecule has 3 rings (SSSR count). The van der Waals surface area contributed by atoms with Crippen LogP contribution in [0.5, 0.6) is 5.75 Å². The minimum Gasteiger partial charge on any atom is -0.466 e. The third kappa shape index (κ3) is 4.33. The van der Waals surface area contributed by atoms with E-state index < -0.39 is 23.8 Å². The maximum absolute atomic E-state index is 12.6. The highest BCUT2D eigenvalue weighted by atomic mass is 16.5. The van der Waals surface area contributed by atoms with Gasteiger partial charge in [-0.25, -0.2) is 4.85 Å². The second-order valence-corrected chi connectivity index (χ2v) is 6.72. The Morgan fingerprint density at radius 1 is 1.07 bits per heavy atom. The number of hydrogen-bond acceptors (Lipinski definition) is 6. The quantitative estimate of drug-likeness (QED) is 0.564. The predicted molar refractivity (Wildman–Crippen MR) is 111 cm³/mol. The molecule has 154 valence electrons. The molecule has 0 saturated heterocycles. The van der Waals surface area contributed by atoms with E-state index in [-0.39, 0.29) is 25.5 Å². The highest BCUT2D eigenvalue weighted by Crippen LogP contribution is 2.42. The van der Waals surface area contributed by atoms with Crippen molar-refractivity contribution < 1.29 is 23.8 Å². The van der Waals surface area contributed by atoms with E-state index in [1.54, 1.807) is 32.0 Å². The molecule has 0 bridgehead atoms. The van der Waals surface area contributed by atoms with Gasteiger partial charge in [-0.2, -0.15) is 0 Å². The van der Waals surface area contributed by atoms with Crippen LogP contribution in [0.1, 0.15) is 31.7 Å². The molecule has 2 unspecified atom stereocenters. The molecule has 1 heterocycles. The van der Waals surface area contributed by atoms with Crippen molar-refractivity contribution in [1.29, 1.82) is 5.41 Å². The lowest BCUT2D eigenvalue weighted by atomic mass is 9.80. The summed E-state index contributed by atoms with van der Waals surface area (Å²) in [5.74, 6) is -2.54. The molecule has 2 atom stereocenters. The van der Waals surface area contributed by atoms with Crippen LogP contribution in [0.4, 0.5) is 5.69 Å². The molecule has 0 aromatic heterocycles. The fourth-order valence-corrected chi connectivity index (χ4v) is 3.51. The SMILES string of the molecule is [C-]#[N+]c1ccc(-c2ccc3c(c2)C(CC(=O)OCC)C(C(=O)OCC)C(=N)O3)cc1. The number of nitrogens with zero attached hydrogens (tertiary/aromatic N) is 1. The molecular weight excluding hydrogens is 384 g/mol. The molecule has 7 heteroatoms. The minimum absolute atomic E-state index is 0.0732. The van der Waals surface area contributed by atoms with Crippen LogP contribution < -0.4 is 4.74 Å². The molecule has 1 aliphatic heterocycles. The van der Waals surface area contributed by atoms with Crippen molar-refractivity contribution in [2.75, 3.05) is 13.2 Å². The Morgan fingerprint density at radius 2 is 1.73 bits per heavy atom. The van der Waals surface area contributed by atoms with Gasteiger partial charge in [-0.3, -0.25) is 15.0 Å². The molecule has 1 N–H and O–H groups in total. The van der Waals surface area contributed by atoms with E-state index in [0.717, 1.165) is 11.1 Å². The van der Waals surface area contributed by atoms with Crippen LogP contribution in [-0.4, -0.2) is 31.1 Å². The molecule has 1 aliphatic rings. The fraction of sp³-hybridized carbons (Fsp3) is 0.304. The second kappa shape index (κ2) is 9.23. The first-order chi connectivity index (χ1) is 14.5. The molecule has 7 nitrogen and oxygen atoms in total. The Bertz CT molecular complexity index is 1010. The third-order valence-corrected chi connectivity index (χ3v) is 4.88. The number of rotatable bonds is 6. The number of hydrogen-bond donors (Lipinski definition) is 1. The number of esters is 2. The molecule has 2 aromatic rings. The predicted octanol–water partition coefficient (Wildman–Crippen LogP) is 4.49. The number of carbonyl (C=O) groups is 2. The first kappa shape index (κ1) is 21.1. The smallest absolute Gasteiger partial charge is 0.319 e. The summed E-state index contributed by atoms with van der Waals surface area (Å²) in [6, 6.07) is 12.5. The topological polar surface area (TPSA) is 90.0 Å². The van der Waals surface area contributed by atoms with Crippen LogP contribution in [-0.2, 0) is 19.1 Å². The summed E-state index contributed by atoms with van der Waals surface area (Å²) in [6.45, 7) is 10.9. The van der Waals surface area contributed by atoms with Crippen LogP contribution in [0.2, 0.25) is 0 Å². The van der Waals surface area contributed by atoms with Gasteiger partial charge in [0.25, 0.3) is 0 Å². The molecular formula is C23H22N2O5. The summed E-state index contributed by atoms with van der Waals surface area (Å²) in [4.78, 5) is 28.2. The fourth-order valence-electron chi connectivity index (χ4n) is 3.51. The number of carbonyl (C=O) groups excluding carboxylic acids is 2. The number of nitrogens with one attached hydrogen (secondary N) is 1. The average Bonchev–Trinajstić information content (AvgIpc) is 2.74. The monoisotopic (exact) mass is 406 g/mol. The molecule has 0 radical (unpaired) electrons. The summed E-state index contributed by atoms with van der Waals surface area (Å²) in [6.07, 6.45) is -0.0732. The summed E-state index contributed by atoms with van der Waals surface area (Å²) in [5, 5.41) is 8.22. The van der Waals surface area contributed by atoms with E-state index >= 15 is 0 Å². The highest BCUT2D eigenvalue weighted by Gasteiger charge is 2.42. The maximum Gasteiger partial charge on any atom is 0.319 e. The zero-order valence-corrected chi connectivity index (χ0v) is 16.8. The number of benzene rings is 2. The summed E-state index contributed by atoms with van der Waals surface area (Å²) in [7, 11) is 0. The van der Waals surface area contributed by atoms with Gasteiger partial charge in [0.1, 0.15) is 11.7 Å². The molecule has 0 spiro atoms. The van der Waals surface area contributed by atoms with Gasteiger partial charge in [0.05, 0.1) is 26.2 Å². The van der Waals surface area contributed by atoms with Crippen molar-refractivity contribution >= 4 is 23.5 Å².